The first kappa shape index (κ1) is 24.5. The zero-order chi connectivity index (χ0) is 20.5. The zero-order valence-electron chi connectivity index (χ0n) is 16.3. The van der Waals surface area contributed by atoms with Gasteiger partial charge < -0.3 is 30.0 Å². The molecular weight excluding hydrogens is 499 g/mol. The number of aliphatic imine (C=N–C) groups is 1. The Bertz CT molecular complexity index is 822. The van der Waals surface area contributed by atoms with Gasteiger partial charge >= 0.3 is 6.61 Å². The second-order valence-corrected chi connectivity index (χ2v) is 5.45. The Balaban J connectivity index is 0.00000420. The molecule has 0 fully saturated rings. The highest BCUT2D eigenvalue weighted by Gasteiger charge is 2.15. The minimum absolute atomic E-state index is 0. The van der Waals surface area contributed by atoms with Crippen molar-refractivity contribution in [1.82, 2.24) is 0 Å². The fourth-order valence-electron chi connectivity index (χ4n) is 2.45. The van der Waals surface area contributed by atoms with Crippen molar-refractivity contribution in [2.24, 2.45) is 10.7 Å². The number of alkyl halides is 2. The van der Waals surface area contributed by atoms with Crippen LogP contribution >= 0.6 is 24.0 Å². The number of rotatable bonds is 9. The van der Waals surface area contributed by atoms with Gasteiger partial charge in [0, 0.05) is 17.3 Å². The highest BCUT2D eigenvalue weighted by atomic mass is 127. The summed E-state index contributed by atoms with van der Waals surface area (Å²) in [6, 6.07) is 10.0. The van der Waals surface area contributed by atoms with Gasteiger partial charge in [-0.05, 0) is 25.1 Å². The fraction of sp³-hybridized carbons (Fsp3) is 0.316. The molecule has 0 heterocycles. The average molecular weight is 523 g/mol. The maximum Gasteiger partial charge on any atom is 0.387 e. The summed E-state index contributed by atoms with van der Waals surface area (Å²) < 4.78 is 45.9. The van der Waals surface area contributed by atoms with Gasteiger partial charge in [-0.2, -0.15) is 8.78 Å². The van der Waals surface area contributed by atoms with Crippen LogP contribution in [0.3, 0.4) is 0 Å². The summed E-state index contributed by atoms with van der Waals surface area (Å²) in [6.45, 7) is -0.890. The second-order valence-electron chi connectivity index (χ2n) is 5.45. The molecule has 0 saturated carbocycles. The molecule has 0 saturated heterocycles. The quantitative estimate of drug-likeness (QED) is 0.291. The summed E-state index contributed by atoms with van der Waals surface area (Å²) >= 11 is 0. The Labute approximate surface area is 185 Å². The minimum Gasteiger partial charge on any atom is -0.493 e. The number of ether oxygens (including phenoxy) is 4. The van der Waals surface area contributed by atoms with Crippen molar-refractivity contribution in [3.05, 3.63) is 42.0 Å². The number of benzene rings is 2. The number of methoxy groups -OCH3 is 2. The first-order valence-corrected chi connectivity index (χ1v) is 8.47. The topological polar surface area (TPSA) is 87.3 Å². The molecule has 29 heavy (non-hydrogen) atoms. The molecule has 0 atom stereocenters. The summed E-state index contributed by atoms with van der Waals surface area (Å²) in [5, 5.41) is 2.91. The van der Waals surface area contributed by atoms with E-state index >= 15 is 0 Å². The van der Waals surface area contributed by atoms with E-state index in [0.717, 1.165) is 0 Å². The van der Waals surface area contributed by atoms with Gasteiger partial charge in [0.25, 0.3) is 0 Å². The van der Waals surface area contributed by atoms with Gasteiger partial charge in [-0.15, -0.1) is 24.0 Å². The van der Waals surface area contributed by atoms with Crippen molar-refractivity contribution in [3.8, 4) is 23.0 Å². The van der Waals surface area contributed by atoms with Crippen molar-refractivity contribution in [2.45, 2.75) is 20.1 Å². The molecule has 0 bridgehead atoms. The Kier molecular flexibility index (Phi) is 10.3. The molecule has 160 valence electrons. The Morgan fingerprint density at radius 1 is 1.10 bits per heavy atom. The van der Waals surface area contributed by atoms with E-state index in [2.05, 4.69) is 15.0 Å². The van der Waals surface area contributed by atoms with E-state index in [-0.39, 0.29) is 48.0 Å². The summed E-state index contributed by atoms with van der Waals surface area (Å²) in [5.74, 6) is 1.36. The first-order chi connectivity index (χ1) is 13.5. The van der Waals surface area contributed by atoms with E-state index in [0.29, 0.717) is 29.4 Å². The van der Waals surface area contributed by atoms with Crippen LogP contribution in [-0.4, -0.2) is 33.4 Å². The van der Waals surface area contributed by atoms with Gasteiger partial charge in [-0.25, -0.2) is 4.99 Å². The van der Waals surface area contributed by atoms with Gasteiger partial charge in [0.1, 0.15) is 0 Å². The highest BCUT2D eigenvalue weighted by Crippen LogP contribution is 2.33. The monoisotopic (exact) mass is 523 g/mol. The molecule has 7 nitrogen and oxygen atoms in total. The third kappa shape index (κ3) is 7.11. The van der Waals surface area contributed by atoms with Crippen molar-refractivity contribution in [1.29, 1.82) is 0 Å². The van der Waals surface area contributed by atoms with Crippen molar-refractivity contribution in [2.75, 3.05) is 26.1 Å². The largest absolute Gasteiger partial charge is 0.493 e. The second kappa shape index (κ2) is 12.1. The van der Waals surface area contributed by atoms with E-state index in [1.807, 2.05) is 0 Å². The molecule has 10 heteroatoms. The van der Waals surface area contributed by atoms with Gasteiger partial charge in [0.15, 0.2) is 29.0 Å². The molecule has 0 aliphatic carbocycles. The Morgan fingerprint density at radius 3 is 2.45 bits per heavy atom. The van der Waals surface area contributed by atoms with E-state index in [9.17, 15) is 8.78 Å². The number of nitrogens with one attached hydrogen (secondary N) is 1. The predicted molar refractivity (Wildman–Crippen MR) is 118 cm³/mol. The summed E-state index contributed by atoms with van der Waals surface area (Å²) in [6.07, 6.45) is 0. The van der Waals surface area contributed by atoms with Crippen LogP contribution in [0.2, 0.25) is 0 Å². The maximum atomic E-state index is 12.8. The molecule has 0 aliphatic rings. The van der Waals surface area contributed by atoms with Gasteiger partial charge in [0.05, 0.1) is 27.4 Å². The number of anilines is 1. The van der Waals surface area contributed by atoms with Crippen LogP contribution in [0, 0.1) is 0 Å². The summed E-state index contributed by atoms with van der Waals surface area (Å²) in [7, 11) is 3.06. The van der Waals surface area contributed by atoms with Crippen molar-refractivity contribution < 1.29 is 27.7 Å². The zero-order valence-corrected chi connectivity index (χ0v) is 18.6. The number of nitrogens with two attached hydrogens (primary N) is 1. The molecule has 0 unspecified atom stereocenters. The van der Waals surface area contributed by atoms with Crippen LogP contribution < -0.4 is 30.0 Å². The van der Waals surface area contributed by atoms with E-state index in [4.69, 9.17) is 19.9 Å². The van der Waals surface area contributed by atoms with Gasteiger partial charge in [-0.1, -0.05) is 12.1 Å². The molecular formula is C19H24F2IN3O4. The van der Waals surface area contributed by atoms with Crippen LogP contribution in [0.5, 0.6) is 23.0 Å². The number of guanidine groups is 1. The lowest BCUT2D eigenvalue weighted by Gasteiger charge is -2.15. The minimum atomic E-state index is -2.98. The maximum absolute atomic E-state index is 12.8. The lowest BCUT2D eigenvalue weighted by Crippen LogP contribution is -2.22. The number of halogens is 3. The fourth-order valence-corrected chi connectivity index (χ4v) is 2.45. The summed E-state index contributed by atoms with van der Waals surface area (Å²) in [4.78, 5) is 4.19. The number of hydrogen-bond donors (Lipinski definition) is 2. The van der Waals surface area contributed by atoms with Crippen molar-refractivity contribution in [3.63, 3.8) is 0 Å². The lowest BCUT2D eigenvalue weighted by atomic mass is 10.2. The summed E-state index contributed by atoms with van der Waals surface area (Å²) in [5.41, 5.74) is 6.96. The lowest BCUT2D eigenvalue weighted by molar-refractivity contribution is -0.0520. The standard InChI is InChI=1S/C19H23F2N3O4.HI/c1-4-27-15-7-5-6-12(17(15)28-18(20)21)11-23-19(22)24-13-8-9-14(25-2)16(10-13)26-3;/h5-10,18H,4,11H2,1-3H3,(H3,22,23,24);1H. The van der Waals surface area contributed by atoms with Crippen LogP contribution in [0.25, 0.3) is 0 Å². The average Bonchev–Trinajstić information content (AvgIpc) is 2.68. The molecule has 2 rings (SSSR count). The van der Waals surface area contributed by atoms with E-state index < -0.39 is 6.61 Å². The number of hydrogen-bond acceptors (Lipinski definition) is 5. The Morgan fingerprint density at radius 2 is 1.83 bits per heavy atom. The smallest absolute Gasteiger partial charge is 0.387 e. The molecule has 0 aliphatic heterocycles. The molecule has 0 radical (unpaired) electrons. The van der Waals surface area contributed by atoms with Gasteiger partial charge in [-0.3, -0.25) is 0 Å². The van der Waals surface area contributed by atoms with Crippen LogP contribution in [-0.2, 0) is 6.54 Å². The molecule has 0 aromatic heterocycles. The molecule has 2 aromatic carbocycles. The van der Waals surface area contributed by atoms with Crippen molar-refractivity contribution >= 4 is 35.6 Å². The SMILES string of the molecule is CCOc1cccc(CN=C(N)Nc2ccc(OC)c(OC)c2)c1OC(F)F.I. The molecule has 0 amide bonds. The highest BCUT2D eigenvalue weighted by molar-refractivity contribution is 14.0. The first-order valence-electron chi connectivity index (χ1n) is 8.47. The van der Waals surface area contributed by atoms with Crippen LogP contribution in [0.4, 0.5) is 14.5 Å². The molecule has 2 aromatic rings. The van der Waals surface area contributed by atoms with Crippen LogP contribution in [0.15, 0.2) is 41.4 Å². The third-order valence-electron chi connectivity index (χ3n) is 3.64. The molecule has 0 spiro atoms. The third-order valence-corrected chi connectivity index (χ3v) is 3.64. The van der Waals surface area contributed by atoms with E-state index in [1.54, 1.807) is 43.3 Å². The van der Waals surface area contributed by atoms with E-state index in [1.165, 1.54) is 14.2 Å². The van der Waals surface area contributed by atoms with Gasteiger partial charge in [0.2, 0.25) is 0 Å². The normalized spacial score (nSPS) is 10.9. The predicted octanol–water partition coefficient (Wildman–Crippen LogP) is 4.25. The number of para-hydroxylation sites is 1. The Hall–Kier alpha value is -2.50. The molecule has 3 N–H and O–H groups in total. The van der Waals surface area contributed by atoms with Crippen LogP contribution in [0.1, 0.15) is 12.5 Å². The number of nitrogens with zero attached hydrogens (tertiary/aromatic N) is 1.